The standard InChI is InChI=1S/C26H21N2.C22H22N.Ir/c1-17-8-13-24(27-16-17)20-10-9-18(2)23(14-20)19-11-12-22-21-6-4-5-7-25(21)28(3)26(22)15-19;1-22(2,3)16-17-9-11-18(12-10-17)20-13-14-23-21(15-20)19-7-5-4-6-8-19;/h4-9,11-16H,1-3H3;4-7,9-15H,16H2,1-3H3;/q2*-1;/i1D3,2D3;16D2;. The molecular weight excluding hydrogens is 811 g/mol. The number of fused-ring (bicyclic) bond motifs is 3. The molecule has 3 nitrogen and oxygen atoms in total. The van der Waals surface area contributed by atoms with E-state index in [4.69, 9.17) is 11.0 Å². The normalized spacial score (nSPS) is 14.2. The summed E-state index contributed by atoms with van der Waals surface area (Å²) in [5.74, 6) is 0. The predicted molar refractivity (Wildman–Crippen MR) is 215 cm³/mol. The van der Waals surface area contributed by atoms with Gasteiger partial charge < -0.3 is 14.5 Å². The molecule has 0 atom stereocenters. The molecule has 8 aromatic rings. The van der Waals surface area contributed by atoms with Gasteiger partial charge in [-0.3, -0.25) is 0 Å². The molecule has 3 heterocycles. The van der Waals surface area contributed by atoms with E-state index in [-0.39, 0.29) is 31.2 Å². The summed E-state index contributed by atoms with van der Waals surface area (Å²) >= 11 is 0. The monoisotopic (exact) mass is 862 g/mol. The largest absolute Gasteiger partial charge is 0.344 e. The van der Waals surface area contributed by atoms with E-state index in [1.807, 2.05) is 119 Å². The number of aryl methyl sites for hydroxylation is 3. The van der Waals surface area contributed by atoms with Crippen LogP contribution in [0.25, 0.3) is 66.6 Å². The van der Waals surface area contributed by atoms with Gasteiger partial charge in [-0.1, -0.05) is 106 Å². The van der Waals surface area contributed by atoms with Crippen LogP contribution in [0.4, 0.5) is 0 Å². The van der Waals surface area contributed by atoms with Crippen molar-refractivity contribution in [3.8, 4) is 44.8 Å². The number of nitrogens with zero attached hydrogens (tertiary/aromatic N) is 3. The zero-order valence-corrected chi connectivity index (χ0v) is 31.8. The Morgan fingerprint density at radius 2 is 1.48 bits per heavy atom. The summed E-state index contributed by atoms with van der Waals surface area (Å²) in [7, 11) is 2.00. The summed E-state index contributed by atoms with van der Waals surface area (Å²) in [6.45, 7) is 1.21. The SMILES string of the molecule is [2H]C([2H])([2H])c1ccc(-c2[c-]cc(C([2H])([2H])[2H])c(-c3ccc4c5ccccc5n(C)c4c3)c2)nc1.[2H]C([2H])(c1ccc(-c2ccnc(-c3[c-]cccc3)c2)cc1)C(C)(C)C.[Ir]. The van der Waals surface area contributed by atoms with Crippen molar-refractivity contribution in [2.75, 3.05) is 0 Å². The molecule has 0 N–H and O–H groups in total. The van der Waals surface area contributed by atoms with Gasteiger partial charge in [0.15, 0.2) is 0 Å². The third kappa shape index (κ3) is 8.15. The Bertz CT molecular complexity index is 2750. The molecule has 0 bridgehead atoms. The van der Waals surface area contributed by atoms with Crippen molar-refractivity contribution >= 4 is 21.8 Å². The molecule has 0 unspecified atom stereocenters. The van der Waals surface area contributed by atoms with Crippen molar-refractivity contribution in [3.05, 3.63) is 169 Å². The fourth-order valence-corrected chi connectivity index (χ4v) is 6.25. The molecule has 52 heavy (non-hydrogen) atoms. The topological polar surface area (TPSA) is 30.7 Å². The first-order valence-corrected chi connectivity index (χ1v) is 16.9. The molecule has 0 aliphatic rings. The summed E-state index contributed by atoms with van der Waals surface area (Å²) in [4.78, 5) is 8.73. The predicted octanol–water partition coefficient (Wildman–Crippen LogP) is 12.3. The Balaban J connectivity index is 0.000000207. The van der Waals surface area contributed by atoms with Gasteiger partial charge in [-0.15, -0.1) is 65.2 Å². The van der Waals surface area contributed by atoms with E-state index in [2.05, 4.69) is 38.8 Å². The minimum Gasteiger partial charge on any atom is -0.344 e. The Labute approximate surface area is 333 Å². The Morgan fingerprint density at radius 3 is 2.21 bits per heavy atom. The maximum Gasteiger partial charge on any atom is 0.0494 e. The van der Waals surface area contributed by atoms with E-state index >= 15 is 0 Å². The summed E-state index contributed by atoms with van der Waals surface area (Å²) in [5.41, 5.74) is 9.13. The second-order valence-electron chi connectivity index (χ2n) is 13.6. The van der Waals surface area contributed by atoms with Crippen molar-refractivity contribution in [2.45, 2.75) is 40.8 Å². The van der Waals surface area contributed by atoms with Crippen LogP contribution in [0.2, 0.25) is 0 Å². The number of aromatic nitrogens is 3. The molecule has 0 aliphatic carbocycles. The first kappa shape index (κ1) is 27.5. The van der Waals surface area contributed by atoms with Crippen molar-refractivity contribution in [3.63, 3.8) is 0 Å². The molecule has 261 valence electrons. The van der Waals surface area contributed by atoms with Gasteiger partial charge in [-0.25, -0.2) is 0 Å². The van der Waals surface area contributed by atoms with Crippen molar-refractivity contribution in [1.29, 1.82) is 0 Å². The van der Waals surface area contributed by atoms with Gasteiger partial charge in [0.05, 0.1) is 0 Å². The van der Waals surface area contributed by atoms with Crippen LogP contribution >= 0.6 is 0 Å². The van der Waals surface area contributed by atoms with Gasteiger partial charge in [0.2, 0.25) is 0 Å². The van der Waals surface area contributed by atoms with E-state index in [0.717, 1.165) is 49.8 Å². The second-order valence-corrected chi connectivity index (χ2v) is 13.6. The number of para-hydroxylation sites is 1. The Morgan fingerprint density at radius 1 is 0.692 bits per heavy atom. The first-order chi connectivity index (χ1) is 27.8. The molecule has 4 heteroatoms. The molecule has 0 saturated carbocycles. The third-order valence-electron chi connectivity index (χ3n) is 8.70. The molecule has 0 aliphatic heterocycles. The molecule has 0 saturated heterocycles. The van der Waals surface area contributed by atoms with Crippen LogP contribution in [0.15, 0.2) is 140 Å². The summed E-state index contributed by atoms with van der Waals surface area (Å²) in [6, 6.07) is 46.3. The van der Waals surface area contributed by atoms with Gasteiger partial charge in [0.25, 0.3) is 0 Å². The molecule has 5 aromatic carbocycles. The summed E-state index contributed by atoms with van der Waals surface area (Å²) in [5, 5.41) is 2.24. The van der Waals surface area contributed by atoms with Crippen LogP contribution in [-0.2, 0) is 33.5 Å². The Kier molecular flexibility index (Phi) is 8.26. The van der Waals surface area contributed by atoms with E-state index in [1.165, 1.54) is 18.3 Å². The minimum atomic E-state index is -2.32. The molecule has 0 spiro atoms. The second kappa shape index (κ2) is 15.6. The number of hydrogen-bond donors (Lipinski definition) is 0. The summed E-state index contributed by atoms with van der Waals surface area (Å²) < 4.78 is 65.7. The fourth-order valence-electron chi connectivity index (χ4n) is 6.25. The van der Waals surface area contributed by atoms with Crippen LogP contribution in [0, 0.1) is 31.3 Å². The smallest absolute Gasteiger partial charge is 0.0494 e. The quantitative estimate of drug-likeness (QED) is 0.161. The zero-order valence-electron chi connectivity index (χ0n) is 37.5. The molecular formula is C48H43IrN3-2. The van der Waals surface area contributed by atoms with Crippen LogP contribution in [0.5, 0.6) is 0 Å². The van der Waals surface area contributed by atoms with E-state index in [9.17, 15) is 0 Å². The average Bonchev–Trinajstić information content (AvgIpc) is 3.51. The van der Waals surface area contributed by atoms with Crippen LogP contribution in [0.3, 0.4) is 0 Å². The molecule has 0 amide bonds. The van der Waals surface area contributed by atoms with Crippen molar-refractivity contribution in [2.24, 2.45) is 12.5 Å². The van der Waals surface area contributed by atoms with Gasteiger partial charge in [0.1, 0.15) is 0 Å². The number of benzene rings is 5. The van der Waals surface area contributed by atoms with Gasteiger partial charge in [-0.05, 0) is 76.0 Å². The molecule has 8 rings (SSSR count). The van der Waals surface area contributed by atoms with Crippen LogP contribution < -0.4 is 0 Å². The van der Waals surface area contributed by atoms with Crippen molar-refractivity contribution in [1.82, 2.24) is 14.5 Å². The fraction of sp³-hybridized carbons (Fsp3) is 0.167. The number of pyridine rings is 2. The Hall–Kier alpha value is -5.15. The maximum atomic E-state index is 8.39. The van der Waals surface area contributed by atoms with E-state index in [1.54, 1.807) is 18.3 Å². The third-order valence-corrected chi connectivity index (χ3v) is 8.70. The molecule has 0 fully saturated rings. The number of hydrogen-bond acceptors (Lipinski definition) is 2. The minimum absolute atomic E-state index is 0. The van der Waals surface area contributed by atoms with Crippen molar-refractivity contribution < 1.29 is 31.1 Å². The van der Waals surface area contributed by atoms with Crippen LogP contribution in [0.1, 0.15) is 48.4 Å². The number of rotatable bonds is 5. The summed E-state index contributed by atoms with van der Waals surface area (Å²) in [6.07, 6.45) is 1.75. The van der Waals surface area contributed by atoms with Crippen LogP contribution in [-0.4, -0.2) is 14.5 Å². The van der Waals surface area contributed by atoms with Gasteiger partial charge in [-0.2, -0.15) is 0 Å². The van der Waals surface area contributed by atoms with Gasteiger partial charge in [0, 0.05) is 72.3 Å². The molecule has 1 radical (unpaired) electrons. The molecule has 3 aromatic heterocycles. The first-order valence-electron chi connectivity index (χ1n) is 20.9. The van der Waals surface area contributed by atoms with Gasteiger partial charge >= 0.3 is 0 Å². The van der Waals surface area contributed by atoms with E-state index < -0.39 is 25.5 Å². The maximum absolute atomic E-state index is 8.39. The average molecular weight is 862 g/mol. The zero-order chi connectivity index (χ0) is 42.3. The van der Waals surface area contributed by atoms with E-state index in [0.29, 0.717) is 22.4 Å².